The highest BCUT2D eigenvalue weighted by Crippen LogP contribution is 2.22. The van der Waals surface area contributed by atoms with Gasteiger partial charge in [-0.1, -0.05) is 24.6 Å². The number of guanidine groups is 1. The Morgan fingerprint density at radius 2 is 2.00 bits per heavy atom. The molecule has 1 aromatic carbocycles. The molecule has 2 N–H and O–H groups in total. The zero-order chi connectivity index (χ0) is 17.3. The number of nitrogens with one attached hydrogen (secondary N) is 2. The number of halogens is 1. The van der Waals surface area contributed by atoms with Gasteiger partial charge >= 0.3 is 0 Å². The summed E-state index contributed by atoms with van der Waals surface area (Å²) < 4.78 is 28.0. The molecule has 0 aliphatic carbocycles. The fourth-order valence-corrected chi connectivity index (χ4v) is 2.83. The van der Waals surface area contributed by atoms with Crippen LogP contribution in [0.25, 0.3) is 0 Å². The molecular formula is C15H24ClN3O3S. The molecule has 0 aliphatic rings. The van der Waals surface area contributed by atoms with Crippen molar-refractivity contribution in [2.45, 2.75) is 13.3 Å². The minimum absolute atomic E-state index is 0.0918. The fourth-order valence-electron chi connectivity index (χ4n) is 1.86. The van der Waals surface area contributed by atoms with Gasteiger partial charge < -0.3 is 15.4 Å². The molecule has 0 fully saturated rings. The van der Waals surface area contributed by atoms with Crippen LogP contribution in [-0.4, -0.2) is 53.1 Å². The predicted molar refractivity (Wildman–Crippen MR) is 95.4 cm³/mol. The molecule has 0 unspecified atom stereocenters. The smallest absolute Gasteiger partial charge is 0.191 e. The molecule has 0 bridgehead atoms. The first-order chi connectivity index (χ1) is 10.9. The second kappa shape index (κ2) is 9.62. The standard InChI is InChI=1S/C15H24ClN3O3S/c1-4-23(20,21)10-9-19-15(17-2)18-8-7-12-5-6-13(22-3)11-14(12)16/h5-6,11H,4,7-10H2,1-3H3,(H2,17,18,19). The van der Waals surface area contributed by atoms with Gasteiger partial charge in [0.25, 0.3) is 0 Å². The predicted octanol–water partition coefficient (Wildman–Crippen LogP) is 1.49. The van der Waals surface area contributed by atoms with Crippen LogP contribution in [0.2, 0.25) is 5.02 Å². The highest BCUT2D eigenvalue weighted by molar-refractivity contribution is 7.91. The van der Waals surface area contributed by atoms with Gasteiger partial charge in [0.05, 0.1) is 12.9 Å². The lowest BCUT2D eigenvalue weighted by Gasteiger charge is -2.12. The van der Waals surface area contributed by atoms with Crippen LogP contribution in [0.3, 0.4) is 0 Å². The molecule has 0 radical (unpaired) electrons. The molecular weight excluding hydrogens is 338 g/mol. The minimum atomic E-state index is -2.97. The van der Waals surface area contributed by atoms with Crippen molar-refractivity contribution in [2.24, 2.45) is 4.99 Å². The van der Waals surface area contributed by atoms with E-state index in [1.54, 1.807) is 27.1 Å². The maximum atomic E-state index is 11.4. The van der Waals surface area contributed by atoms with Gasteiger partial charge in [-0.15, -0.1) is 0 Å². The second-order valence-electron chi connectivity index (χ2n) is 4.87. The Balaban J connectivity index is 2.41. The first-order valence-electron chi connectivity index (χ1n) is 7.39. The molecule has 0 atom stereocenters. The Hall–Kier alpha value is -1.47. The maximum Gasteiger partial charge on any atom is 0.191 e. The molecule has 0 spiro atoms. The van der Waals surface area contributed by atoms with Gasteiger partial charge in [-0.05, 0) is 24.1 Å². The number of aliphatic imine (C=N–C) groups is 1. The molecule has 0 aromatic heterocycles. The largest absolute Gasteiger partial charge is 0.497 e. The van der Waals surface area contributed by atoms with Gasteiger partial charge in [0.2, 0.25) is 0 Å². The van der Waals surface area contributed by atoms with E-state index < -0.39 is 9.84 Å². The number of methoxy groups -OCH3 is 1. The third kappa shape index (κ3) is 7.09. The van der Waals surface area contributed by atoms with E-state index in [1.807, 2.05) is 12.1 Å². The number of nitrogens with zero attached hydrogens (tertiary/aromatic N) is 1. The number of rotatable bonds is 8. The van der Waals surface area contributed by atoms with Crippen LogP contribution < -0.4 is 15.4 Å². The van der Waals surface area contributed by atoms with Crippen LogP contribution in [0.15, 0.2) is 23.2 Å². The van der Waals surface area contributed by atoms with E-state index in [-0.39, 0.29) is 11.5 Å². The van der Waals surface area contributed by atoms with Crippen molar-refractivity contribution in [1.29, 1.82) is 0 Å². The first kappa shape index (κ1) is 19.6. The Bertz CT molecular complexity index is 633. The van der Waals surface area contributed by atoms with E-state index in [0.717, 1.165) is 17.7 Å². The van der Waals surface area contributed by atoms with Crippen molar-refractivity contribution in [3.63, 3.8) is 0 Å². The van der Waals surface area contributed by atoms with Crippen molar-refractivity contribution < 1.29 is 13.2 Å². The van der Waals surface area contributed by atoms with Crippen LogP contribution in [0.1, 0.15) is 12.5 Å². The number of benzene rings is 1. The van der Waals surface area contributed by atoms with E-state index in [4.69, 9.17) is 16.3 Å². The molecule has 0 amide bonds. The van der Waals surface area contributed by atoms with Crippen LogP contribution in [0.4, 0.5) is 0 Å². The van der Waals surface area contributed by atoms with Gasteiger partial charge in [0.1, 0.15) is 5.75 Å². The number of hydrogen-bond donors (Lipinski definition) is 2. The van der Waals surface area contributed by atoms with Gasteiger partial charge in [0, 0.05) is 30.9 Å². The van der Waals surface area contributed by atoms with E-state index in [0.29, 0.717) is 24.1 Å². The maximum absolute atomic E-state index is 11.4. The summed E-state index contributed by atoms with van der Waals surface area (Å²) in [6, 6.07) is 5.57. The Labute approximate surface area is 143 Å². The first-order valence-corrected chi connectivity index (χ1v) is 9.59. The van der Waals surface area contributed by atoms with Gasteiger partial charge in [-0.3, -0.25) is 4.99 Å². The molecule has 6 nitrogen and oxygen atoms in total. The number of sulfone groups is 1. The summed E-state index contributed by atoms with van der Waals surface area (Å²) in [4.78, 5) is 4.06. The Morgan fingerprint density at radius 3 is 2.57 bits per heavy atom. The third-order valence-corrected chi connectivity index (χ3v) is 5.37. The highest BCUT2D eigenvalue weighted by atomic mass is 35.5. The molecule has 8 heteroatoms. The van der Waals surface area contributed by atoms with Crippen LogP contribution >= 0.6 is 11.6 Å². The van der Waals surface area contributed by atoms with E-state index in [1.165, 1.54) is 0 Å². The van der Waals surface area contributed by atoms with Crippen molar-refractivity contribution in [2.75, 3.05) is 38.8 Å². The zero-order valence-corrected chi connectivity index (χ0v) is 15.3. The van der Waals surface area contributed by atoms with Crippen molar-refractivity contribution in [1.82, 2.24) is 10.6 Å². The summed E-state index contributed by atoms with van der Waals surface area (Å²) in [5.74, 6) is 1.54. The molecule has 0 aliphatic heterocycles. The van der Waals surface area contributed by atoms with Gasteiger partial charge in [-0.25, -0.2) is 8.42 Å². The highest BCUT2D eigenvalue weighted by Gasteiger charge is 2.07. The van der Waals surface area contributed by atoms with Gasteiger partial charge in [-0.2, -0.15) is 0 Å². The van der Waals surface area contributed by atoms with Crippen molar-refractivity contribution in [3.8, 4) is 5.75 Å². The monoisotopic (exact) mass is 361 g/mol. The average molecular weight is 362 g/mol. The van der Waals surface area contributed by atoms with Crippen molar-refractivity contribution in [3.05, 3.63) is 28.8 Å². The summed E-state index contributed by atoms with van der Waals surface area (Å²) in [7, 11) is 0.268. The molecule has 130 valence electrons. The quantitative estimate of drug-likeness (QED) is 0.541. The normalized spacial score (nSPS) is 12.1. The summed E-state index contributed by atoms with van der Waals surface area (Å²) in [5, 5.41) is 6.77. The molecule has 23 heavy (non-hydrogen) atoms. The van der Waals surface area contributed by atoms with Crippen molar-refractivity contribution >= 4 is 27.4 Å². The zero-order valence-electron chi connectivity index (χ0n) is 13.7. The van der Waals surface area contributed by atoms with Gasteiger partial charge in [0.15, 0.2) is 15.8 Å². The minimum Gasteiger partial charge on any atom is -0.497 e. The molecule has 0 saturated carbocycles. The Kier molecular flexibility index (Phi) is 8.19. The lowest BCUT2D eigenvalue weighted by Crippen LogP contribution is -2.40. The molecule has 0 heterocycles. The summed E-state index contributed by atoms with van der Waals surface area (Å²) in [6.45, 7) is 2.60. The molecule has 1 aromatic rings. The lowest BCUT2D eigenvalue weighted by atomic mass is 10.1. The molecule has 1 rings (SSSR count). The van der Waals surface area contributed by atoms with Crippen LogP contribution in [0.5, 0.6) is 5.75 Å². The van der Waals surface area contributed by atoms with Crippen LogP contribution in [0, 0.1) is 0 Å². The average Bonchev–Trinajstić information content (AvgIpc) is 2.54. The SMILES string of the molecule is CCS(=O)(=O)CCNC(=NC)NCCc1ccc(OC)cc1Cl. The third-order valence-electron chi connectivity index (χ3n) is 3.32. The summed E-state index contributed by atoms with van der Waals surface area (Å²) >= 11 is 6.19. The number of hydrogen-bond acceptors (Lipinski definition) is 4. The topological polar surface area (TPSA) is 79.8 Å². The fraction of sp³-hybridized carbons (Fsp3) is 0.533. The summed E-state index contributed by atoms with van der Waals surface area (Å²) in [5.41, 5.74) is 1.00. The van der Waals surface area contributed by atoms with E-state index in [9.17, 15) is 8.42 Å². The lowest BCUT2D eigenvalue weighted by molar-refractivity contribution is 0.414. The van der Waals surface area contributed by atoms with Crippen LogP contribution in [-0.2, 0) is 16.3 Å². The second-order valence-corrected chi connectivity index (χ2v) is 7.75. The van der Waals surface area contributed by atoms with E-state index in [2.05, 4.69) is 15.6 Å². The Morgan fingerprint density at radius 1 is 1.30 bits per heavy atom. The molecule has 0 saturated heterocycles. The number of ether oxygens (including phenoxy) is 1. The summed E-state index contributed by atoms with van der Waals surface area (Å²) in [6.07, 6.45) is 0.719. The van der Waals surface area contributed by atoms with E-state index >= 15 is 0 Å².